The van der Waals surface area contributed by atoms with E-state index < -0.39 is 11.8 Å². The summed E-state index contributed by atoms with van der Waals surface area (Å²) in [6.45, 7) is 2.69. The van der Waals surface area contributed by atoms with Gasteiger partial charge in [0, 0.05) is 48.5 Å². The second-order valence-electron chi connectivity index (χ2n) is 7.12. The molecule has 3 rings (SSSR count). The van der Waals surface area contributed by atoms with Gasteiger partial charge in [-0.3, -0.25) is 15.0 Å². The lowest BCUT2D eigenvalue weighted by atomic mass is 10.1. The molecule has 0 spiro atoms. The number of ether oxygens (including phenoxy) is 2. The first kappa shape index (κ1) is 25.0. The SMILES string of the molecule is CCC(=O)N1CCC(Oc2ncc(-c3cccc(COC(=O)CC(=N)N)c3F)cn2)C1.Cl. The van der Waals surface area contributed by atoms with E-state index in [2.05, 4.69) is 9.97 Å². The Morgan fingerprint density at radius 1 is 1.31 bits per heavy atom. The molecule has 32 heavy (non-hydrogen) atoms. The predicted molar refractivity (Wildman–Crippen MR) is 117 cm³/mol. The van der Waals surface area contributed by atoms with Gasteiger partial charge >= 0.3 is 12.0 Å². The van der Waals surface area contributed by atoms with Crippen LogP contribution in [0.4, 0.5) is 4.39 Å². The van der Waals surface area contributed by atoms with E-state index in [9.17, 15) is 14.0 Å². The quantitative estimate of drug-likeness (QED) is 0.347. The van der Waals surface area contributed by atoms with Crippen LogP contribution >= 0.6 is 12.4 Å². The largest absolute Gasteiger partial charge is 0.460 e. The number of hydrogen-bond donors (Lipinski definition) is 2. The van der Waals surface area contributed by atoms with E-state index in [0.29, 0.717) is 31.5 Å². The average molecular weight is 466 g/mol. The predicted octanol–water partition coefficient (Wildman–Crippen LogP) is 2.46. The molecule has 172 valence electrons. The van der Waals surface area contributed by atoms with E-state index in [0.717, 1.165) is 0 Å². The van der Waals surface area contributed by atoms with E-state index >= 15 is 0 Å². The van der Waals surface area contributed by atoms with Crippen molar-refractivity contribution in [1.29, 1.82) is 5.41 Å². The van der Waals surface area contributed by atoms with Crippen LogP contribution in [-0.4, -0.2) is 51.8 Å². The number of benzene rings is 1. The third-order valence-electron chi connectivity index (χ3n) is 4.81. The van der Waals surface area contributed by atoms with Gasteiger partial charge in [0.25, 0.3) is 0 Å². The summed E-state index contributed by atoms with van der Waals surface area (Å²) in [7, 11) is 0. The minimum Gasteiger partial charge on any atom is -0.460 e. The monoisotopic (exact) mass is 465 g/mol. The molecule has 0 aliphatic carbocycles. The molecular weight excluding hydrogens is 441 g/mol. The molecule has 11 heteroatoms. The molecule has 1 unspecified atom stereocenters. The van der Waals surface area contributed by atoms with Crippen molar-refractivity contribution in [3.05, 3.63) is 42.0 Å². The van der Waals surface area contributed by atoms with Crippen LogP contribution in [0.2, 0.25) is 0 Å². The summed E-state index contributed by atoms with van der Waals surface area (Å²) in [5.74, 6) is -1.49. The summed E-state index contributed by atoms with van der Waals surface area (Å²) in [6.07, 6.45) is 3.55. The zero-order chi connectivity index (χ0) is 22.4. The Labute approximate surface area is 191 Å². The molecule has 1 aromatic carbocycles. The fraction of sp³-hybridized carbons (Fsp3) is 0.381. The first-order valence-corrected chi connectivity index (χ1v) is 9.90. The number of amidine groups is 1. The zero-order valence-electron chi connectivity index (χ0n) is 17.5. The number of rotatable bonds is 8. The van der Waals surface area contributed by atoms with E-state index in [-0.39, 0.29) is 60.4 Å². The van der Waals surface area contributed by atoms with Crippen molar-refractivity contribution in [3.8, 4) is 17.1 Å². The van der Waals surface area contributed by atoms with Gasteiger partial charge in [-0.2, -0.15) is 0 Å². The molecule has 1 aliphatic rings. The highest BCUT2D eigenvalue weighted by molar-refractivity contribution is 5.94. The maximum Gasteiger partial charge on any atom is 0.316 e. The molecule has 0 radical (unpaired) electrons. The van der Waals surface area contributed by atoms with Gasteiger partial charge in [-0.15, -0.1) is 12.4 Å². The second-order valence-corrected chi connectivity index (χ2v) is 7.12. The number of carbonyl (C=O) groups is 2. The van der Waals surface area contributed by atoms with Gasteiger partial charge in [-0.05, 0) is 0 Å². The standard InChI is InChI=1S/C21H24FN5O4.ClH/c1-2-18(28)27-7-6-15(11-27)31-21-25-9-14(10-26-21)16-5-3-4-13(20(16)22)12-30-19(29)8-17(23)24;/h3-5,9-10,15H,2,6-8,11-12H2,1H3,(H3,23,24);1H. The molecule has 1 saturated heterocycles. The van der Waals surface area contributed by atoms with Gasteiger partial charge in [-0.25, -0.2) is 14.4 Å². The van der Waals surface area contributed by atoms with E-state index in [4.69, 9.17) is 20.6 Å². The third-order valence-corrected chi connectivity index (χ3v) is 4.81. The number of carbonyl (C=O) groups excluding carboxylic acids is 2. The fourth-order valence-electron chi connectivity index (χ4n) is 3.22. The molecule has 0 bridgehead atoms. The lowest BCUT2D eigenvalue weighted by molar-refractivity contribution is -0.143. The van der Waals surface area contributed by atoms with Gasteiger partial charge in [0.15, 0.2) is 0 Å². The first-order valence-electron chi connectivity index (χ1n) is 9.90. The molecule has 1 atom stereocenters. The van der Waals surface area contributed by atoms with Crippen LogP contribution in [0.3, 0.4) is 0 Å². The molecule has 1 fully saturated rings. The second kappa shape index (κ2) is 11.4. The van der Waals surface area contributed by atoms with Gasteiger partial charge in [0.2, 0.25) is 5.91 Å². The van der Waals surface area contributed by atoms with Gasteiger partial charge in [-0.1, -0.05) is 25.1 Å². The van der Waals surface area contributed by atoms with Crippen LogP contribution in [0.25, 0.3) is 11.1 Å². The Morgan fingerprint density at radius 3 is 2.69 bits per heavy atom. The van der Waals surface area contributed by atoms with Crippen molar-refractivity contribution < 1.29 is 23.5 Å². The molecule has 1 aliphatic heterocycles. The number of nitrogens with zero attached hydrogens (tertiary/aromatic N) is 3. The smallest absolute Gasteiger partial charge is 0.316 e. The molecule has 3 N–H and O–H groups in total. The molecule has 9 nitrogen and oxygen atoms in total. The summed E-state index contributed by atoms with van der Waals surface area (Å²) in [6, 6.07) is 4.87. The van der Waals surface area contributed by atoms with Crippen molar-refractivity contribution in [2.75, 3.05) is 13.1 Å². The molecule has 1 amide bonds. The Morgan fingerprint density at radius 2 is 2.03 bits per heavy atom. The van der Waals surface area contributed by atoms with E-state index in [1.807, 2.05) is 6.92 Å². The normalized spacial score (nSPS) is 15.1. The van der Waals surface area contributed by atoms with Crippen molar-refractivity contribution in [1.82, 2.24) is 14.9 Å². The van der Waals surface area contributed by atoms with Crippen LogP contribution in [-0.2, 0) is 20.9 Å². The Bertz CT molecular complexity index is 973. The topological polar surface area (TPSA) is 131 Å². The van der Waals surface area contributed by atoms with Crippen molar-refractivity contribution in [2.24, 2.45) is 5.73 Å². The number of halogens is 2. The molecule has 2 heterocycles. The van der Waals surface area contributed by atoms with Crippen LogP contribution in [0, 0.1) is 11.2 Å². The minimum absolute atomic E-state index is 0. The summed E-state index contributed by atoms with van der Waals surface area (Å²) >= 11 is 0. The highest BCUT2D eigenvalue weighted by Crippen LogP contribution is 2.25. The first-order chi connectivity index (χ1) is 14.9. The summed E-state index contributed by atoms with van der Waals surface area (Å²) in [4.78, 5) is 33.4. The van der Waals surface area contributed by atoms with Crippen LogP contribution in [0.1, 0.15) is 31.7 Å². The Hall–Kier alpha value is -3.27. The lowest BCUT2D eigenvalue weighted by Crippen LogP contribution is -2.30. The summed E-state index contributed by atoms with van der Waals surface area (Å²) in [5, 5.41) is 7.08. The van der Waals surface area contributed by atoms with Crippen LogP contribution in [0.15, 0.2) is 30.6 Å². The number of hydrogen-bond acceptors (Lipinski definition) is 7. The molecule has 2 aromatic rings. The minimum atomic E-state index is -0.701. The van der Waals surface area contributed by atoms with Gasteiger partial charge in [0.1, 0.15) is 30.8 Å². The Kier molecular flexibility index (Phi) is 8.89. The van der Waals surface area contributed by atoms with Crippen LogP contribution in [0.5, 0.6) is 6.01 Å². The average Bonchev–Trinajstić information content (AvgIpc) is 3.21. The van der Waals surface area contributed by atoms with Crippen molar-refractivity contribution >= 4 is 30.1 Å². The summed E-state index contributed by atoms with van der Waals surface area (Å²) in [5.41, 5.74) is 6.03. The zero-order valence-corrected chi connectivity index (χ0v) is 18.4. The molecule has 0 saturated carbocycles. The third kappa shape index (κ3) is 6.36. The summed E-state index contributed by atoms with van der Waals surface area (Å²) < 4.78 is 25.6. The highest BCUT2D eigenvalue weighted by Gasteiger charge is 2.27. The number of likely N-dealkylation sites (tertiary alicyclic amines) is 1. The lowest BCUT2D eigenvalue weighted by Gasteiger charge is -2.15. The maximum absolute atomic E-state index is 14.9. The number of nitrogens with two attached hydrogens (primary N) is 1. The van der Waals surface area contributed by atoms with Crippen LogP contribution < -0.4 is 10.5 Å². The van der Waals surface area contributed by atoms with Gasteiger partial charge < -0.3 is 20.1 Å². The maximum atomic E-state index is 14.9. The fourth-order valence-corrected chi connectivity index (χ4v) is 3.22. The number of esters is 1. The molecule has 1 aromatic heterocycles. The van der Waals surface area contributed by atoms with Crippen molar-refractivity contribution in [3.63, 3.8) is 0 Å². The number of nitrogens with one attached hydrogen (secondary N) is 1. The van der Waals surface area contributed by atoms with E-state index in [1.165, 1.54) is 18.5 Å². The van der Waals surface area contributed by atoms with Crippen molar-refractivity contribution in [2.45, 2.75) is 38.9 Å². The van der Waals surface area contributed by atoms with E-state index in [1.54, 1.807) is 17.0 Å². The molecular formula is C21H25ClFN5O4. The highest BCUT2D eigenvalue weighted by atomic mass is 35.5. The van der Waals surface area contributed by atoms with Gasteiger partial charge in [0.05, 0.1) is 6.54 Å². The number of amides is 1. The Balaban J connectivity index is 0.00000363. The number of aromatic nitrogens is 2.